The van der Waals surface area contributed by atoms with Crippen molar-refractivity contribution in [3.05, 3.63) is 41.7 Å². The molecule has 1 N–H and O–H groups in total. The lowest BCUT2D eigenvalue weighted by Gasteiger charge is -2.25. The van der Waals surface area contributed by atoms with Crippen LogP contribution in [0, 0.1) is 23.6 Å². The highest BCUT2D eigenvalue weighted by molar-refractivity contribution is 6.01. The van der Waals surface area contributed by atoms with Crippen LogP contribution in [-0.2, 0) is 13.0 Å². The third kappa shape index (κ3) is 3.00. The number of benzene rings is 1. The summed E-state index contributed by atoms with van der Waals surface area (Å²) in [5.41, 5.74) is 0.428. The van der Waals surface area contributed by atoms with E-state index in [4.69, 9.17) is 0 Å². The first kappa shape index (κ1) is 15.9. The predicted octanol–water partition coefficient (Wildman–Crippen LogP) is 2.18. The molecule has 2 atom stereocenters. The summed E-state index contributed by atoms with van der Waals surface area (Å²) in [6.07, 6.45) is 3.63. The molecule has 0 spiro atoms. The van der Waals surface area contributed by atoms with E-state index in [2.05, 4.69) is 20.4 Å². The Labute approximate surface area is 151 Å². The fraction of sp³-hybridized carbons (Fsp3) is 0.526. The fourth-order valence-corrected chi connectivity index (χ4v) is 4.36. The monoisotopic (exact) mass is 355 g/mol. The highest BCUT2D eigenvalue weighted by atomic mass is 19.1. The predicted molar refractivity (Wildman–Crippen MR) is 94.2 cm³/mol. The third-order valence-corrected chi connectivity index (χ3v) is 5.84. The molecule has 0 bridgehead atoms. The molecule has 1 aromatic heterocycles. The maximum absolute atomic E-state index is 13.3. The maximum atomic E-state index is 13.3. The number of likely N-dealkylation sites (tertiary alicyclic amines) is 1. The van der Waals surface area contributed by atoms with Crippen LogP contribution in [0.4, 0.5) is 10.1 Å². The van der Waals surface area contributed by atoms with Gasteiger partial charge in [0.2, 0.25) is 5.82 Å². The number of rotatable bonds is 4. The van der Waals surface area contributed by atoms with E-state index in [1.165, 1.54) is 31.5 Å². The van der Waals surface area contributed by atoms with Crippen LogP contribution in [0.3, 0.4) is 0 Å². The second-order valence-electron chi connectivity index (χ2n) is 7.90. The van der Waals surface area contributed by atoms with E-state index < -0.39 is 0 Å². The van der Waals surface area contributed by atoms with Gasteiger partial charge in [-0.2, -0.15) is 0 Å². The van der Waals surface area contributed by atoms with Crippen molar-refractivity contribution in [1.82, 2.24) is 19.7 Å². The largest absolute Gasteiger partial charge is 0.319 e. The molecule has 2 fully saturated rings. The second-order valence-corrected chi connectivity index (χ2v) is 7.90. The Bertz CT molecular complexity index is 846. The first-order chi connectivity index (χ1) is 12.7. The lowest BCUT2D eigenvalue weighted by molar-refractivity contribution is 0.100. The van der Waals surface area contributed by atoms with Gasteiger partial charge in [0.25, 0.3) is 5.91 Å². The molecule has 136 valence electrons. The van der Waals surface area contributed by atoms with Crippen molar-refractivity contribution in [2.75, 3.05) is 25.0 Å². The Hall–Kier alpha value is -2.28. The summed E-state index contributed by atoms with van der Waals surface area (Å²) < 4.78 is 15.3. The van der Waals surface area contributed by atoms with E-state index in [9.17, 15) is 9.18 Å². The average molecular weight is 355 g/mol. The van der Waals surface area contributed by atoms with E-state index in [1.807, 2.05) is 4.57 Å². The lowest BCUT2D eigenvalue weighted by atomic mass is 9.89. The van der Waals surface area contributed by atoms with Crippen molar-refractivity contribution < 1.29 is 9.18 Å². The Morgan fingerprint density at radius 1 is 1.19 bits per heavy atom. The highest BCUT2D eigenvalue weighted by Crippen LogP contribution is 2.36. The number of aromatic nitrogens is 3. The Balaban J connectivity index is 1.31. The van der Waals surface area contributed by atoms with Gasteiger partial charge in [-0.1, -0.05) is 6.07 Å². The van der Waals surface area contributed by atoms with Crippen LogP contribution in [0.1, 0.15) is 29.3 Å². The van der Waals surface area contributed by atoms with Gasteiger partial charge in [-0.3, -0.25) is 4.79 Å². The van der Waals surface area contributed by atoms with Crippen molar-refractivity contribution in [1.29, 1.82) is 0 Å². The second kappa shape index (κ2) is 6.16. The molecule has 1 saturated carbocycles. The molecule has 26 heavy (non-hydrogen) atoms. The summed E-state index contributed by atoms with van der Waals surface area (Å²) in [7, 11) is 0. The molecule has 1 saturated heterocycles. The molecule has 3 heterocycles. The highest BCUT2D eigenvalue weighted by Gasteiger charge is 2.40. The molecular weight excluding hydrogens is 333 g/mol. The van der Waals surface area contributed by atoms with Gasteiger partial charge in [0.1, 0.15) is 11.6 Å². The van der Waals surface area contributed by atoms with Crippen LogP contribution in [0.15, 0.2) is 24.3 Å². The van der Waals surface area contributed by atoms with Gasteiger partial charge in [0.15, 0.2) is 0 Å². The number of carbonyl (C=O) groups excluding carboxylic acids is 1. The van der Waals surface area contributed by atoms with Gasteiger partial charge in [0.05, 0.1) is 0 Å². The summed E-state index contributed by atoms with van der Waals surface area (Å²) in [5, 5.41) is 11.1. The van der Waals surface area contributed by atoms with E-state index in [-0.39, 0.29) is 11.7 Å². The number of fused-ring (bicyclic) bond motifs is 2. The van der Waals surface area contributed by atoms with Gasteiger partial charge >= 0.3 is 0 Å². The van der Waals surface area contributed by atoms with Crippen LogP contribution < -0.4 is 5.32 Å². The Kier molecular flexibility index (Phi) is 3.77. The number of hydrogen-bond acceptors (Lipinski definition) is 4. The van der Waals surface area contributed by atoms with Crippen LogP contribution >= 0.6 is 0 Å². The molecule has 5 rings (SSSR count). The zero-order valence-corrected chi connectivity index (χ0v) is 14.6. The topological polar surface area (TPSA) is 63.1 Å². The van der Waals surface area contributed by atoms with E-state index in [0.717, 1.165) is 37.8 Å². The minimum atomic E-state index is -0.379. The third-order valence-electron chi connectivity index (χ3n) is 5.84. The van der Waals surface area contributed by atoms with E-state index >= 15 is 0 Å². The summed E-state index contributed by atoms with van der Waals surface area (Å²) in [6, 6.07) is 5.88. The molecule has 6 nitrogen and oxygen atoms in total. The molecule has 0 radical (unpaired) electrons. The molecule has 1 amide bonds. The average Bonchev–Trinajstić information content (AvgIpc) is 3.18. The van der Waals surface area contributed by atoms with Gasteiger partial charge in [-0.25, -0.2) is 4.39 Å². The Morgan fingerprint density at radius 3 is 2.85 bits per heavy atom. The van der Waals surface area contributed by atoms with Crippen LogP contribution in [0.2, 0.25) is 0 Å². The molecule has 1 aromatic carbocycles. The molecule has 2 aliphatic heterocycles. The lowest BCUT2D eigenvalue weighted by Crippen LogP contribution is -2.31. The summed E-state index contributed by atoms with van der Waals surface area (Å²) in [4.78, 5) is 15.2. The normalized spacial score (nSPS) is 25.0. The van der Waals surface area contributed by atoms with Gasteiger partial charge < -0.3 is 14.8 Å². The van der Waals surface area contributed by atoms with Crippen molar-refractivity contribution in [3.63, 3.8) is 0 Å². The van der Waals surface area contributed by atoms with Crippen molar-refractivity contribution >= 4 is 11.6 Å². The molecule has 1 aliphatic carbocycles. The minimum Gasteiger partial charge on any atom is -0.319 e. The molecule has 3 aliphatic rings. The van der Waals surface area contributed by atoms with Crippen LogP contribution in [0.5, 0.6) is 0 Å². The molecule has 2 aromatic rings. The van der Waals surface area contributed by atoms with Crippen molar-refractivity contribution in [2.24, 2.45) is 17.8 Å². The van der Waals surface area contributed by atoms with Gasteiger partial charge in [-0.15, -0.1) is 10.2 Å². The summed E-state index contributed by atoms with van der Waals surface area (Å²) in [6.45, 7) is 4.25. The summed E-state index contributed by atoms with van der Waals surface area (Å²) >= 11 is 0. The summed E-state index contributed by atoms with van der Waals surface area (Å²) in [5.74, 6) is 2.58. The molecular formula is C19H22FN5O. The first-order valence-corrected chi connectivity index (χ1v) is 9.37. The Morgan fingerprint density at radius 2 is 2.04 bits per heavy atom. The maximum Gasteiger partial charge on any atom is 0.293 e. The number of nitrogens with one attached hydrogen (secondary N) is 1. The standard InChI is InChI=1S/C19H22FN5O/c20-15-2-1-3-16(7-15)21-19(26)18-23-22-17-6-13-9-24(8-12-4-5-12)10-14(13)11-25(17)18/h1-3,7,12-14H,4-6,8-11H2,(H,21,26)/t13-,14+/m1/s1. The minimum absolute atomic E-state index is 0.323. The van der Waals surface area contributed by atoms with Crippen LogP contribution in [0.25, 0.3) is 0 Å². The van der Waals surface area contributed by atoms with Gasteiger partial charge in [0, 0.05) is 38.3 Å². The number of anilines is 1. The van der Waals surface area contributed by atoms with E-state index in [1.54, 1.807) is 12.1 Å². The van der Waals surface area contributed by atoms with E-state index in [0.29, 0.717) is 23.3 Å². The van der Waals surface area contributed by atoms with Crippen LogP contribution in [-0.4, -0.2) is 45.2 Å². The van der Waals surface area contributed by atoms with Gasteiger partial charge in [-0.05, 0) is 48.8 Å². The molecule has 0 unspecified atom stereocenters. The quantitative estimate of drug-likeness (QED) is 0.913. The number of nitrogens with zero attached hydrogens (tertiary/aromatic N) is 4. The zero-order valence-electron chi connectivity index (χ0n) is 14.6. The SMILES string of the molecule is O=C(Nc1cccc(F)c1)c1nnc2n1C[C@@H]1CN(CC3CC3)C[C@H]1C2. The fourth-order valence-electron chi connectivity index (χ4n) is 4.36. The number of halogens is 1. The zero-order chi connectivity index (χ0) is 17.7. The molecule has 7 heteroatoms. The van der Waals surface area contributed by atoms with Crippen molar-refractivity contribution in [3.8, 4) is 0 Å². The smallest absolute Gasteiger partial charge is 0.293 e. The van der Waals surface area contributed by atoms with Crippen molar-refractivity contribution in [2.45, 2.75) is 25.8 Å². The number of hydrogen-bond donors (Lipinski definition) is 1. The number of carbonyl (C=O) groups is 1. The first-order valence-electron chi connectivity index (χ1n) is 9.37. The number of amides is 1.